The van der Waals surface area contributed by atoms with E-state index in [1.165, 1.54) is 6.07 Å². The molecule has 10 heteroatoms. The van der Waals surface area contributed by atoms with Crippen LogP contribution in [0.15, 0.2) is 59.1 Å². The molecule has 2 heterocycles. The van der Waals surface area contributed by atoms with Gasteiger partial charge in [0.15, 0.2) is 5.69 Å². The number of carboxylic acid groups (broad SMARTS) is 1. The number of aliphatic hydroxyl groups is 1. The molecule has 0 radical (unpaired) electrons. The molecule has 1 fully saturated rings. The summed E-state index contributed by atoms with van der Waals surface area (Å²) in [5, 5.41) is 25.0. The number of carbonyl (C=O) groups is 3. The van der Waals surface area contributed by atoms with Gasteiger partial charge < -0.3 is 24.4 Å². The highest BCUT2D eigenvalue weighted by Crippen LogP contribution is 2.44. The van der Waals surface area contributed by atoms with Crippen LogP contribution in [0.4, 0.5) is 10.7 Å². The van der Waals surface area contributed by atoms with Crippen LogP contribution in [-0.2, 0) is 9.53 Å². The molecule has 10 nitrogen and oxygen atoms in total. The number of fused-ring (bicyclic) bond motifs is 3. The van der Waals surface area contributed by atoms with Crippen molar-refractivity contribution in [2.45, 2.75) is 24.5 Å². The fraction of sp³-hybridized carbons (Fsp3) is 0.250. The standard InChI is InChI=1S/C24H21N3O7/c28-13-9-20(23(30)31)27(11-13)22(29)19-10-21(34-26-19)25-24(32)33-12-18-16-7-3-1-5-14(16)15-6-2-4-8-17(15)18/h1-8,10,13,18,20,28H,9,11-12H2,(H,25,32)(H,30,31)/t13-,20-/m0/s1. The Morgan fingerprint density at radius 3 is 2.38 bits per heavy atom. The number of nitrogens with zero attached hydrogens (tertiary/aromatic N) is 2. The fourth-order valence-corrected chi connectivity index (χ4v) is 4.59. The van der Waals surface area contributed by atoms with Gasteiger partial charge in [0.05, 0.1) is 6.10 Å². The van der Waals surface area contributed by atoms with Gasteiger partial charge in [-0.3, -0.25) is 10.1 Å². The van der Waals surface area contributed by atoms with Gasteiger partial charge in [-0.05, 0) is 22.3 Å². The first-order valence-electron chi connectivity index (χ1n) is 10.7. The molecule has 34 heavy (non-hydrogen) atoms. The molecular weight excluding hydrogens is 442 g/mol. The van der Waals surface area contributed by atoms with Crippen LogP contribution in [0.1, 0.15) is 34.0 Å². The number of likely N-dealkylation sites (tertiary alicyclic amines) is 1. The highest BCUT2D eigenvalue weighted by molar-refractivity contribution is 5.96. The number of benzene rings is 2. The topological polar surface area (TPSA) is 142 Å². The zero-order valence-electron chi connectivity index (χ0n) is 17.9. The van der Waals surface area contributed by atoms with Gasteiger partial charge in [-0.1, -0.05) is 53.7 Å². The minimum Gasteiger partial charge on any atom is -0.480 e. The van der Waals surface area contributed by atoms with Gasteiger partial charge in [-0.2, -0.15) is 0 Å². The van der Waals surface area contributed by atoms with Crippen molar-refractivity contribution in [2.75, 3.05) is 18.5 Å². The Hall–Kier alpha value is -4.18. The van der Waals surface area contributed by atoms with Gasteiger partial charge in [0.25, 0.3) is 5.91 Å². The van der Waals surface area contributed by atoms with Gasteiger partial charge in [0.2, 0.25) is 5.88 Å². The summed E-state index contributed by atoms with van der Waals surface area (Å²) in [5.74, 6) is -2.16. The largest absolute Gasteiger partial charge is 0.480 e. The average Bonchev–Trinajstić information content (AvgIpc) is 3.53. The van der Waals surface area contributed by atoms with Crippen molar-refractivity contribution in [3.63, 3.8) is 0 Å². The van der Waals surface area contributed by atoms with Crippen molar-refractivity contribution < 1.29 is 33.9 Å². The van der Waals surface area contributed by atoms with E-state index in [1.807, 2.05) is 48.5 Å². The Bertz CT molecular complexity index is 1230. The molecule has 174 valence electrons. The number of carbonyl (C=O) groups excluding carboxylic acids is 2. The van der Waals surface area contributed by atoms with Crippen molar-refractivity contribution in [1.82, 2.24) is 10.1 Å². The van der Waals surface area contributed by atoms with Crippen LogP contribution in [0, 0.1) is 0 Å². The number of hydrogen-bond donors (Lipinski definition) is 3. The zero-order valence-corrected chi connectivity index (χ0v) is 17.9. The van der Waals surface area contributed by atoms with Crippen LogP contribution in [0.3, 0.4) is 0 Å². The molecule has 0 bridgehead atoms. The number of rotatable bonds is 5. The first-order chi connectivity index (χ1) is 16.4. The summed E-state index contributed by atoms with van der Waals surface area (Å²) in [7, 11) is 0. The van der Waals surface area contributed by atoms with Crippen molar-refractivity contribution in [3.05, 3.63) is 71.4 Å². The number of amides is 2. The summed E-state index contributed by atoms with van der Waals surface area (Å²) in [6.07, 6.45) is -1.78. The molecule has 5 rings (SSSR count). The van der Waals surface area contributed by atoms with E-state index >= 15 is 0 Å². The third-order valence-corrected chi connectivity index (χ3v) is 6.12. The maximum Gasteiger partial charge on any atom is 0.414 e. The summed E-state index contributed by atoms with van der Waals surface area (Å²) < 4.78 is 10.4. The summed E-state index contributed by atoms with van der Waals surface area (Å²) in [4.78, 5) is 37.4. The van der Waals surface area contributed by atoms with E-state index in [2.05, 4.69) is 10.5 Å². The average molecular weight is 463 g/mol. The van der Waals surface area contributed by atoms with E-state index < -0.39 is 30.1 Å². The van der Waals surface area contributed by atoms with Gasteiger partial charge >= 0.3 is 12.1 Å². The lowest BCUT2D eigenvalue weighted by atomic mass is 9.98. The normalized spacial score (nSPS) is 18.9. The molecule has 2 aliphatic rings. The third kappa shape index (κ3) is 3.88. The second kappa shape index (κ2) is 8.64. The lowest BCUT2D eigenvalue weighted by molar-refractivity contribution is -0.141. The van der Waals surface area contributed by atoms with Crippen molar-refractivity contribution >= 4 is 23.9 Å². The number of aromatic nitrogens is 1. The Labute approximate surface area is 193 Å². The lowest BCUT2D eigenvalue weighted by Gasteiger charge is -2.19. The van der Waals surface area contributed by atoms with Crippen molar-refractivity contribution in [3.8, 4) is 11.1 Å². The summed E-state index contributed by atoms with van der Waals surface area (Å²) in [6, 6.07) is 15.9. The Kier molecular flexibility index (Phi) is 5.50. The number of hydrogen-bond acceptors (Lipinski definition) is 7. The summed E-state index contributed by atoms with van der Waals surface area (Å²) in [5.41, 5.74) is 4.18. The van der Waals surface area contributed by atoms with Crippen LogP contribution < -0.4 is 5.32 Å². The SMILES string of the molecule is O=C(Nc1cc(C(=O)N2C[C@@H](O)C[C@H]2C(=O)O)no1)OCC1c2ccccc2-c2ccccc21. The molecule has 1 aliphatic heterocycles. The molecule has 0 spiro atoms. The maximum atomic E-state index is 12.6. The lowest BCUT2D eigenvalue weighted by Crippen LogP contribution is -2.40. The maximum absolute atomic E-state index is 12.6. The summed E-state index contributed by atoms with van der Waals surface area (Å²) in [6.45, 7) is -0.0243. The Morgan fingerprint density at radius 1 is 1.09 bits per heavy atom. The Morgan fingerprint density at radius 2 is 1.74 bits per heavy atom. The minimum absolute atomic E-state index is 0.0657. The van der Waals surface area contributed by atoms with E-state index in [0.29, 0.717) is 0 Å². The number of β-amino-alcohol motifs (C(OH)–C–C–N with tert-alkyl or cyclic N) is 1. The molecule has 1 aliphatic carbocycles. The first-order valence-corrected chi connectivity index (χ1v) is 10.7. The van der Waals surface area contributed by atoms with E-state index in [1.54, 1.807) is 0 Å². The molecule has 0 unspecified atom stereocenters. The fourth-order valence-electron chi connectivity index (χ4n) is 4.59. The number of aliphatic carboxylic acids is 1. The van der Waals surface area contributed by atoms with Crippen LogP contribution in [0.2, 0.25) is 0 Å². The monoisotopic (exact) mass is 463 g/mol. The van der Waals surface area contributed by atoms with E-state index in [9.17, 15) is 24.6 Å². The van der Waals surface area contributed by atoms with Crippen LogP contribution >= 0.6 is 0 Å². The van der Waals surface area contributed by atoms with Crippen LogP contribution in [0.5, 0.6) is 0 Å². The molecule has 2 atom stereocenters. The first kappa shape index (κ1) is 21.7. The number of ether oxygens (including phenoxy) is 1. The van der Waals surface area contributed by atoms with Gasteiger partial charge in [0.1, 0.15) is 12.6 Å². The highest BCUT2D eigenvalue weighted by Gasteiger charge is 2.40. The predicted molar refractivity (Wildman–Crippen MR) is 118 cm³/mol. The predicted octanol–water partition coefficient (Wildman–Crippen LogP) is 2.70. The molecular formula is C24H21N3O7. The van der Waals surface area contributed by atoms with Gasteiger partial charge in [-0.25, -0.2) is 9.59 Å². The molecule has 1 saturated heterocycles. The molecule has 3 N–H and O–H groups in total. The number of carboxylic acids is 1. The minimum atomic E-state index is -1.22. The zero-order chi connectivity index (χ0) is 23.8. The quantitative estimate of drug-likeness (QED) is 0.524. The van der Waals surface area contributed by atoms with Crippen molar-refractivity contribution in [2.24, 2.45) is 0 Å². The molecule has 0 saturated carbocycles. The van der Waals surface area contributed by atoms with E-state index in [4.69, 9.17) is 9.26 Å². The Balaban J connectivity index is 1.23. The van der Waals surface area contributed by atoms with E-state index in [0.717, 1.165) is 27.2 Å². The second-order valence-electron chi connectivity index (χ2n) is 8.23. The number of aliphatic hydroxyl groups excluding tert-OH is 1. The smallest absolute Gasteiger partial charge is 0.414 e. The summed E-state index contributed by atoms with van der Waals surface area (Å²) >= 11 is 0. The number of anilines is 1. The number of nitrogens with one attached hydrogen (secondary N) is 1. The van der Waals surface area contributed by atoms with Crippen LogP contribution in [0.25, 0.3) is 11.1 Å². The second-order valence-corrected chi connectivity index (χ2v) is 8.23. The molecule has 1 aromatic heterocycles. The molecule has 2 amide bonds. The third-order valence-electron chi connectivity index (χ3n) is 6.12. The molecule has 3 aromatic rings. The molecule has 2 aromatic carbocycles. The van der Waals surface area contributed by atoms with Gasteiger partial charge in [0, 0.05) is 24.9 Å². The highest BCUT2D eigenvalue weighted by atomic mass is 16.6. The van der Waals surface area contributed by atoms with Gasteiger partial charge in [-0.15, -0.1) is 0 Å². The van der Waals surface area contributed by atoms with Crippen molar-refractivity contribution in [1.29, 1.82) is 0 Å². The van der Waals surface area contributed by atoms with E-state index in [-0.39, 0.29) is 37.1 Å². The van der Waals surface area contributed by atoms with Crippen LogP contribution in [-0.4, -0.2) is 63.5 Å².